The van der Waals surface area contributed by atoms with Gasteiger partial charge in [0.1, 0.15) is 0 Å². The molecule has 0 aliphatic carbocycles. The number of nitrogens with zero attached hydrogens (tertiary/aromatic N) is 4. The van der Waals surface area contributed by atoms with Gasteiger partial charge < -0.3 is 4.90 Å². The average Bonchev–Trinajstić information content (AvgIpc) is 2.40. The molecule has 0 aliphatic rings. The maximum absolute atomic E-state index is 5.69. The average molecular weight is 249 g/mol. The molecule has 0 saturated carbocycles. The molecule has 0 aliphatic heterocycles. The van der Waals surface area contributed by atoms with Gasteiger partial charge in [0.25, 0.3) is 0 Å². The third kappa shape index (κ3) is 3.14. The summed E-state index contributed by atoms with van der Waals surface area (Å²) in [6.07, 6.45) is 7.09. The van der Waals surface area contributed by atoms with Crippen molar-refractivity contribution in [3.63, 3.8) is 0 Å². The summed E-state index contributed by atoms with van der Waals surface area (Å²) in [5.41, 5.74) is 2.05. The first-order valence-electron chi connectivity index (χ1n) is 5.26. The van der Waals surface area contributed by atoms with Crippen LogP contribution >= 0.6 is 11.6 Å². The Morgan fingerprint density at radius 1 is 1.18 bits per heavy atom. The van der Waals surface area contributed by atoms with E-state index in [2.05, 4.69) is 15.0 Å². The number of pyridine rings is 1. The number of anilines is 1. The predicted octanol–water partition coefficient (Wildman–Crippen LogP) is 2.25. The van der Waals surface area contributed by atoms with Crippen LogP contribution in [0.2, 0.25) is 0 Å². The van der Waals surface area contributed by atoms with Gasteiger partial charge in [0.15, 0.2) is 0 Å². The van der Waals surface area contributed by atoms with E-state index in [-0.39, 0.29) is 0 Å². The predicted molar refractivity (Wildman–Crippen MR) is 67.9 cm³/mol. The highest BCUT2D eigenvalue weighted by atomic mass is 35.5. The van der Waals surface area contributed by atoms with Crippen molar-refractivity contribution in [1.82, 2.24) is 15.0 Å². The van der Waals surface area contributed by atoms with Crippen LogP contribution in [0.5, 0.6) is 0 Å². The van der Waals surface area contributed by atoms with E-state index in [9.17, 15) is 0 Å². The fourth-order valence-corrected chi connectivity index (χ4v) is 1.59. The van der Waals surface area contributed by atoms with Gasteiger partial charge in [0.05, 0.1) is 5.88 Å². The summed E-state index contributed by atoms with van der Waals surface area (Å²) in [6, 6.07) is 3.94. The Kier molecular flexibility index (Phi) is 3.88. The summed E-state index contributed by atoms with van der Waals surface area (Å²) >= 11 is 5.69. The zero-order valence-corrected chi connectivity index (χ0v) is 10.3. The number of aromatic nitrogens is 3. The Morgan fingerprint density at radius 2 is 1.94 bits per heavy atom. The van der Waals surface area contributed by atoms with Gasteiger partial charge in [-0.25, -0.2) is 9.97 Å². The lowest BCUT2D eigenvalue weighted by molar-refractivity contribution is 0.858. The van der Waals surface area contributed by atoms with Gasteiger partial charge in [-0.1, -0.05) is 6.07 Å². The molecule has 88 valence electrons. The van der Waals surface area contributed by atoms with E-state index in [0.717, 1.165) is 17.7 Å². The summed E-state index contributed by atoms with van der Waals surface area (Å²) in [7, 11) is 1.95. The first kappa shape index (κ1) is 11.8. The second-order valence-corrected chi connectivity index (χ2v) is 4.01. The van der Waals surface area contributed by atoms with E-state index in [1.54, 1.807) is 18.6 Å². The molecule has 2 aromatic heterocycles. The molecule has 17 heavy (non-hydrogen) atoms. The Bertz CT molecular complexity index is 458. The molecule has 0 amide bonds. The van der Waals surface area contributed by atoms with Crippen LogP contribution in [0.25, 0.3) is 0 Å². The van der Waals surface area contributed by atoms with Crippen molar-refractivity contribution < 1.29 is 0 Å². The molecular formula is C12H13ClN4. The van der Waals surface area contributed by atoms with Gasteiger partial charge >= 0.3 is 0 Å². The van der Waals surface area contributed by atoms with Crippen LogP contribution in [0.1, 0.15) is 11.1 Å². The lowest BCUT2D eigenvalue weighted by Crippen LogP contribution is -2.19. The fourth-order valence-electron chi connectivity index (χ4n) is 1.45. The molecule has 5 heteroatoms. The van der Waals surface area contributed by atoms with E-state index in [1.165, 1.54) is 0 Å². The van der Waals surface area contributed by atoms with Crippen LogP contribution in [0.3, 0.4) is 0 Å². The normalized spacial score (nSPS) is 10.2. The molecule has 0 N–H and O–H groups in total. The minimum atomic E-state index is 0.437. The van der Waals surface area contributed by atoms with E-state index in [4.69, 9.17) is 11.6 Å². The number of alkyl halides is 1. The molecule has 2 heterocycles. The van der Waals surface area contributed by atoms with Crippen LogP contribution in [0.4, 0.5) is 5.95 Å². The number of hydrogen-bond donors (Lipinski definition) is 0. The molecule has 0 atom stereocenters. The third-order valence-electron chi connectivity index (χ3n) is 2.33. The second kappa shape index (κ2) is 5.59. The smallest absolute Gasteiger partial charge is 0.225 e. The monoisotopic (exact) mass is 248 g/mol. The highest BCUT2D eigenvalue weighted by Crippen LogP contribution is 2.10. The van der Waals surface area contributed by atoms with Crippen molar-refractivity contribution in [2.45, 2.75) is 12.4 Å². The van der Waals surface area contributed by atoms with Gasteiger partial charge in [-0.15, -0.1) is 11.6 Å². The van der Waals surface area contributed by atoms with E-state index in [0.29, 0.717) is 11.8 Å². The number of hydrogen-bond acceptors (Lipinski definition) is 4. The van der Waals surface area contributed by atoms with Gasteiger partial charge in [-0.3, -0.25) is 4.98 Å². The topological polar surface area (TPSA) is 41.9 Å². The molecule has 4 nitrogen and oxygen atoms in total. The van der Waals surface area contributed by atoms with Gasteiger partial charge in [-0.05, 0) is 11.6 Å². The highest BCUT2D eigenvalue weighted by Gasteiger charge is 2.04. The van der Waals surface area contributed by atoms with Gasteiger partial charge in [0, 0.05) is 43.9 Å². The molecular weight excluding hydrogens is 236 g/mol. The summed E-state index contributed by atoms with van der Waals surface area (Å²) in [5, 5.41) is 0. The maximum Gasteiger partial charge on any atom is 0.225 e. The SMILES string of the molecule is CN(Cc1cccnc1)c1ncc(CCl)cn1. The second-order valence-electron chi connectivity index (χ2n) is 3.74. The molecule has 0 aromatic carbocycles. The van der Waals surface area contributed by atoms with Crippen molar-refractivity contribution in [2.75, 3.05) is 11.9 Å². The minimum Gasteiger partial charge on any atom is -0.340 e. The summed E-state index contributed by atoms with van der Waals surface area (Å²) in [6.45, 7) is 0.730. The summed E-state index contributed by atoms with van der Waals surface area (Å²) < 4.78 is 0. The highest BCUT2D eigenvalue weighted by molar-refractivity contribution is 6.17. The van der Waals surface area contributed by atoms with Crippen molar-refractivity contribution in [2.24, 2.45) is 0 Å². The lowest BCUT2D eigenvalue weighted by Gasteiger charge is -2.16. The fraction of sp³-hybridized carbons (Fsp3) is 0.250. The van der Waals surface area contributed by atoms with Crippen LogP contribution in [-0.4, -0.2) is 22.0 Å². The Labute approximate surface area is 105 Å². The van der Waals surface area contributed by atoms with Crippen molar-refractivity contribution in [1.29, 1.82) is 0 Å². The lowest BCUT2D eigenvalue weighted by atomic mass is 10.3. The molecule has 0 spiro atoms. The number of halogens is 1. The van der Waals surface area contributed by atoms with E-state index < -0.39 is 0 Å². The molecule has 0 radical (unpaired) electrons. The Morgan fingerprint density at radius 3 is 2.53 bits per heavy atom. The molecule has 0 unspecified atom stereocenters. The summed E-state index contributed by atoms with van der Waals surface area (Å²) in [5.74, 6) is 1.12. The van der Waals surface area contributed by atoms with E-state index in [1.807, 2.05) is 30.3 Å². The van der Waals surface area contributed by atoms with Gasteiger partial charge in [0.2, 0.25) is 5.95 Å². The van der Waals surface area contributed by atoms with Crippen LogP contribution in [0.15, 0.2) is 36.9 Å². The van der Waals surface area contributed by atoms with Gasteiger partial charge in [-0.2, -0.15) is 0 Å². The van der Waals surface area contributed by atoms with Crippen molar-refractivity contribution in [3.05, 3.63) is 48.0 Å². The minimum absolute atomic E-state index is 0.437. The zero-order valence-electron chi connectivity index (χ0n) is 9.55. The third-order valence-corrected chi connectivity index (χ3v) is 2.64. The number of rotatable bonds is 4. The maximum atomic E-state index is 5.69. The molecule has 0 fully saturated rings. The molecule has 2 rings (SSSR count). The quantitative estimate of drug-likeness (QED) is 0.779. The van der Waals surface area contributed by atoms with Crippen LogP contribution < -0.4 is 4.90 Å². The Hall–Kier alpha value is -1.68. The largest absolute Gasteiger partial charge is 0.340 e. The zero-order chi connectivity index (χ0) is 12.1. The first-order chi connectivity index (χ1) is 8.29. The van der Waals surface area contributed by atoms with E-state index >= 15 is 0 Å². The Balaban J connectivity index is 2.06. The van der Waals surface area contributed by atoms with Crippen LogP contribution in [-0.2, 0) is 12.4 Å². The molecule has 0 saturated heterocycles. The first-order valence-corrected chi connectivity index (χ1v) is 5.80. The van der Waals surface area contributed by atoms with Crippen molar-refractivity contribution in [3.8, 4) is 0 Å². The van der Waals surface area contributed by atoms with Crippen molar-refractivity contribution >= 4 is 17.5 Å². The van der Waals surface area contributed by atoms with Crippen LogP contribution in [0, 0.1) is 0 Å². The molecule has 2 aromatic rings. The molecule has 0 bridgehead atoms. The summed E-state index contributed by atoms with van der Waals surface area (Å²) in [4.78, 5) is 14.6. The standard InChI is InChI=1S/C12H13ClN4/c1-17(9-10-3-2-4-14-6-10)12-15-7-11(5-13)8-16-12/h2-4,6-8H,5,9H2,1H3.